The summed E-state index contributed by atoms with van der Waals surface area (Å²) in [5, 5.41) is 0.575. The van der Waals surface area contributed by atoms with Crippen molar-refractivity contribution in [1.82, 2.24) is 4.98 Å². The summed E-state index contributed by atoms with van der Waals surface area (Å²) in [4.78, 5) is 16.2. The van der Waals surface area contributed by atoms with Gasteiger partial charge in [-0.05, 0) is 17.7 Å². The molecule has 1 aliphatic carbocycles. The summed E-state index contributed by atoms with van der Waals surface area (Å²) in [6.45, 7) is 0. The molecule has 0 atom stereocenters. The van der Waals surface area contributed by atoms with Gasteiger partial charge in [-0.1, -0.05) is 22.0 Å². The Morgan fingerprint density at radius 3 is 3.13 bits per heavy atom. The summed E-state index contributed by atoms with van der Waals surface area (Å²) < 4.78 is 1.05. The molecular formula is C11H6BrNOS. The average Bonchev–Trinajstić information content (AvgIpc) is 2.75. The molecule has 15 heavy (non-hydrogen) atoms. The molecule has 3 rings (SSSR count). The third-order valence-electron chi connectivity index (χ3n) is 2.49. The summed E-state index contributed by atoms with van der Waals surface area (Å²) in [6, 6.07) is 6.21. The lowest BCUT2D eigenvalue weighted by molar-refractivity contribution is 0.112. The van der Waals surface area contributed by atoms with Crippen LogP contribution < -0.4 is 0 Å². The number of fused-ring (bicyclic) bond motifs is 3. The molecule has 0 spiro atoms. The molecule has 0 N–H and O–H groups in total. The van der Waals surface area contributed by atoms with Gasteiger partial charge in [-0.25, -0.2) is 4.98 Å². The topological polar surface area (TPSA) is 30.0 Å². The van der Waals surface area contributed by atoms with Crippen molar-refractivity contribution in [1.29, 1.82) is 0 Å². The van der Waals surface area contributed by atoms with E-state index in [4.69, 9.17) is 0 Å². The van der Waals surface area contributed by atoms with E-state index < -0.39 is 0 Å². The number of aldehydes is 1. The highest BCUT2D eigenvalue weighted by molar-refractivity contribution is 9.10. The smallest absolute Gasteiger partial charge is 0.178 e. The van der Waals surface area contributed by atoms with Crippen LogP contribution in [0.15, 0.2) is 22.7 Å². The monoisotopic (exact) mass is 279 g/mol. The van der Waals surface area contributed by atoms with Crippen LogP contribution >= 0.6 is 27.3 Å². The van der Waals surface area contributed by atoms with E-state index in [1.165, 1.54) is 21.8 Å². The van der Waals surface area contributed by atoms with Crippen LogP contribution in [0.1, 0.15) is 20.2 Å². The zero-order valence-corrected chi connectivity index (χ0v) is 10.1. The molecule has 1 aromatic heterocycles. The van der Waals surface area contributed by atoms with E-state index in [9.17, 15) is 4.79 Å². The molecule has 1 aromatic carbocycles. The minimum Gasteiger partial charge on any atom is -0.295 e. The third kappa shape index (κ3) is 1.36. The fraction of sp³-hybridized carbons (Fsp3) is 0.0909. The molecule has 0 bridgehead atoms. The van der Waals surface area contributed by atoms with Gasteiger partial charge >= 0.3 is 0 Å². The minimum absolute atomic E-state index is 0.575. The number of hydrogen-bond donors (Lipinski definition) is 0. The van der Waals surface area contributed by atoms with E-state index in [-0.39, 0.29) is 0 Å². The maximum absolute atomic E-state index is 10.6. The number of carbonyl (C=O) groups excluding carboxylic acids is 1. The molecule has 0 fully saturated rings. The summed E-state index contributed by atoms with van der Waals surface area (Å²) in [5.41, 5.74) is 3.44. The third-order valence-corrected chi connectivity index (χ3v) is 3.97. The first-order valence-electron chi connectivity index (χ1n) is 4.51. The molecule has 2 aromatic rings. The maximum atomic E-state index is 10.6. The molecular weight excluding hydrogens is 274 g/mol. The minimum atomic E-state index is 0.575. The van der Waals surface area contributed by atoms with Gasteiger partial charge < -0.3 is 0 Å². The van der Waals surface area contributed by atoms with Gasteiger partial charge in [0.1, 0.15) is 0 Å². The summed E-state index contributed by atoms with van der Waals surface area (Å²) >= 11 is 4.94. The largest absolute Gasteiger partial charge is 0.295 e. The Bertz CT molecular complexity index is 562. The normalized spacial score (nSPS) is 12.3. The lowest BCUT2D eigenvalue weighted by atomic mass is 10.1. The van der Waals surface area contributed by atoms with Crippen LogP contribution in [0.2, 0.25) is 0 Å². The number of thiazole rings is 1. The second-order valence-electron chi connectivity index (χ2n) is 3.42. The second kappa shape index (κ2) is 3.25. The fourth-order valence-corrected chi connectivity index (χ4v) is 3.13. The van der Waals surface area contributed by atoms with E-state index >= 15 is 0 Å². The Morgan fingerprint density at radius 2 is 2.33 bits per heavy atom. The van der Waals surface area contributed by atoms with E-state index in [1.54, 1.807) is 0 Å². The van der Waals surface area contributed by atoms with Crippen molar-refractivity contribution in [3.05, 3.63) is 38.1 Å². The van der Waals surface area contributed by atoms with Crippen LogP contribution in [0.4, 0.5) is 0 Å². The number of carbonyl (C=O) groups is 1. The lowest BCUT2D eigenvalue weighted by Gasteiger charge is -1.98. The number of halogens is 1. The van der Waals surface area contributed by atoms with Crippen molar-refractivity contribution in [2.45, 2.75) is 6.42 Å². The molecule has 0 saturated heterocycles. The Balaban J connectivity index is 2.23. The highest BCUT2D eigenvalue weighted by atomic mass is 79.9. The van der Waals surface area contributed by atoms with Crippen LogP contribution in [0.3, 0.4) is 0 Å². The number of aromatic nitrogens is 1. The van der Waals surface area contributed by atoms with Crippen molar-refractivity contribution in [2.24, 2.45) is 0 Å². The van der Waals surface area contributed by atoms with Crippen LogP contribution in [0.5, 0.6) is 0 Å². The lowest BCUT2D eigenvalue weighted by Crippen LogP contribution is -1.82. The van der Waals surface area contributed by atoms with Gasteiger partial charge in [-0.3, -0.25) is 4.79 Å². The first-order valence-corrected chi connectivity index (χ1v) is 6.12. The van der Waals surface area contributed by atoms with E-state index in [0.717, 1.165) is 28.4 Å². The van der Waals surface area contributed by atoms with Crippen LogP contribution in [-0.2, 0) is 6.42 Å². The Morgan fingerprint density at radius 1 is 1.47 bits per heavy atom. The van der Waals surface area contributed by atoms with Crippen LogP contribution in [0, 0.1) is 0 Å². The van der Waals surface area contributed by atoms with Gasteiger partial charge in [0.25, 0.3) is 0 Å². The summed E-state index contributed by atoms with van der Waals surface area (Å²) in [6.07, 6.45) is 1.73. The second-order valence-corrected chi connectivity index (χ2v) is 5.45. The van der Waals surface area contributed by atoms with Gasteiger partial charge in [-0.2, -0.15) is 0 Å². The average molecular weight is 280 g/mol. The van der Waals surface area contributed by atoms with E-state index in [1.807, 2.05) is 6.07 Å². The predicted octanol–water partition coefficient (Wildman–Crippen LogP) is 3.29. The van der Waals surface area contributed by atoms with Crippen molar-refractivity contribution >= 4 is 33.6 Å². The van der Waals surface area contributed by atoms with Gasteiger partial charge in [0.15, 0.2) is 11.3 Å². The highest BCUT2D eigenvalue weighted by Gasteiger charge is 2.23. The number of rotatable bonds is 1. The first-order chi connectivity index (χ1) is 7.28. The standard InChI is InChI=1S/C11H6BrNOS/c12-7-2-1-6-3-9-11(8(6)4-7)13-10(5-14)15-9/h1-2,4-5H,3H2. The molecule has 1 aliphatic rings. The zero-order chi connectivity index (χ0) is 10.4. The summed E-state index contributed by atoms with van der Waals surface area (Å²) in [7, 11) is 0. The van der Waals surface area contributed by atoms with Crippen molar-refractivity contribution < 1.29 is 4.79 Å². The Kier molecular flexibility index (Phi) is 2.00. The Hall–Kier alpha value is -1.00. The maximum Gasteiger partial charge on any atom is 0.178 e. The number of hydrogen-bond acceptors (Lipinski definition) is 3. The zero-order valence-electron chi connectivity index (χ0n) is 7.66. The molecule has 0 unspecified atom stereocenters. The van der Waals surface area contributed by atoms with Crippen LogP contribution in [-0.4, -0.2) is 11.3 Å². The highest BCUT2D eigenvalue weighted by Crippen LogP contribution is 2.40. The van der Waals surface area contributed by atoms with Gasteiger partial charge in [0.2, 0.25) is 0 Å². The number of benzene rings is 1. The SMILES string of the molecule is O=Cc1nc2c(s1)Cc1ccc(Br)cc1-2. The van der Waals surface area contributed by atoms with Gasteiger partial charge in [0.05, 0.1) is 5.69 Å². The van der Waals surface area contributed by atoms with E-state index in [0.29, 0.717) is 5.01 Å². The fourth-order valence-electron chi connectivity index (χ4n) is 1.85. The predicted molar refractivity (Wildman–Crippen MR) is 63.4 cm³/mol. The molecule has 0 aliphatic heterocycles. The number of nitrogens with zero attached hydrogens (tertiary/aromatic N) is 1. The van der Waals surface area contributed by atoms with Crippen molar-refractivity contribution in [3.8, 4) is 11.3 Å². The molecule has 2 nitrogen and oxygen atoms in total. The molecule has 1 heterocycles. The van der Waals surface area contributed by atoms with Crippen molar-refractivity contribution in [3.63, 3.8) is 0 Å². The van der Waals surface area contributed by atoms with E-state index in [2.05, 4.69) is 33.0 Å². The first kappa shape index (κ1) is 9.24. The van der Waals surface area contributed by atoms with Crippen molar-refractivity contribution in [2.75, 3.05) is 0 Å². The molecule has 74 valence electrons. The quantitative estimate of drug-likeness (QED) is 0.640. The van der Waals surface area contributed by atoms with Crippen LogP contribution in [0.25, 0.3) is 11.3 Å². The van der Waals surface area contributed by atoms with Gasteiger partial charge in [0, 0.05) is 21.3 Å². The molecule has 0 saturated carbocycles. The Labute approximate surface area is 99.1 Å². The molecule has 0 amide bonds. The van der Waals surface area contributed by atoms with Gasteiger partial charge in [-0.15, -0.1) is 11.3 Å². The summed E-state index contributed by atoms with van der Waals surface area (Å²) in [5.74, 6) is 0. The molecule has 0 radical (unpaired) electrons. The molecule has 4 heteroatoms.